The number of carbonyl (C=O) groups excluding carboxylic acids is 2. The van der Waals surface area contributed by atoms with Crippen LogP contribution >= 0.6 is 0 Å². The van der Waals surface area contributed by atoms with Crippen molar-refractivity contribution in [3.05, 3.63) is 11.6 Å². The minimum atomic E-state index is -0.643. The van der Waals surface area contributed by atoms with E-state index >= 15 is 0 Å². The minimum Gasteiger partial charge on any atom is -0.481 e. The Bertz CT molecular complexity index is 1140. The van der Waals surface area contributed by atoms with Crippen LogP contribution in [0.2, 0.25) is 0 Å². The first kappa shape index (κ1) is 29.6. The highest BCUT2D eigenvalue weighted by molar-refractivity contribution is 5.76. The summed E-state index contributed by atoms with van der Waals surface area (Å²) in [7, 11) is 0. The maximum absolute atomic E-state index is 12.9. The molecule has 0 spiro atoms. The zero-order chi connectivity index (χ0) is 29.7. The van der Waals surface area contributed by atoms with E-state index in [1.54, 1.807) is 0 Å². The van der Waals surface area contributed by atoms with Gasteiger partial charge in [-0.1, -0.05) is 60.1 Å². The third-order valence-corrected chi connectivity index (χ3v) is 13.5. The molecule has 0 saturated heterocycles. The molecule has 0 aromatic heterocycles. The van der Waals surface area contributed by atoms with Crippen molar-refractivity contribution in [3.8, 4) is 0 Å². The number of fused-ring (bicyclic) bond motifs is 7. The number of hydrogen-bond donors (Lipinski definition) is 1. The van der Waals surface area contributed by atoms with Crippen LogP contribution in [0.15, 0.2) is 11.6 Å². The molecule has 6 nitrogen and oxygen atoms in total. The maximum Gasteiger partial charge on any atom is 0.310 e. The molecule has 4 saturated carbocycles. The molecule has 0 aromatic carbocycles. The molecule has 3 unspecified atom stereocenters. The van der Waals surface area contributed by atoms with Crippen molar-refractivity contribution in [2.45, 2.75) is 132 Å². The standard InChI is InChI=1S/C34H52O6/c1-20(35)39-24-19-31(7)25(30(5,6)27(24)40-21(2)36)12-13-33(9)26(31)11-10-22-23-18-29(3,4)14-16-34(23,28(37)38)17-15-32(22,33)8/h10,23-27H,11-19H2,1-9H3,(H,37,38)/t23?,24-,25?,26?,27+,31+,32-,33-,34+/m1/s1. The van der Waals surface area contributed by atoms with Crippen LogP contribution in [-0.4, -0.2) is 35.2 Å². The van der Waals surface area contributed by atoms with E-state index in [9.17, 15) is 19.5 Å². The summed E-state index contributed by atoms with van der Waals surface area (Å²) in [5.74, 6) is -0.528. The summed E-state index contributed by atoms with van der Waals surface area (Å²) >= 11 is 0. The molecule has 5 aliphatic carbocycles. The molecule has 0 aromatic rings. The summed E-state index contributed by atoms with van der Waals surface area (Å²) in [6.07, 6.45) is 9.51. The largest absolute Gasteiger partial charge is 0.481 e. The highest BCUT2D eigenvalue weighted by Crippen LogP contribution is 2.76. The van der Waals surface area contributed by atoms with Gasteiger partial charge in [-0.05, 0) is 97.2 Å². The number of esters is 2. The van der Waals surface area contributed by atoms with Crippen molar-refractivity contribution in [1.29, 1.82) is 0 Å². The second-order valence-corrected chi connectivity index (χ2v) is 16.4. The topological polar surface area (TPSA) is 89.9 Å². The predicted molar refractivity (Wildman–Crippen MR) is 153 cm³/mol. The molecule has 0 heterocycles. The van der Waals surface area contributed by atoms with E-state index < -0.39 is 23.6 Å². The van der Waals surface area contributed by atoms with Gasteiger partial charge in [0, 0.05) is 19.3 Å². The Morgan fingerprint density at radius 3 is 2.05 bits per heavy atom. The van der Waals surface area contributed by atoms with Crippen LogP contribution in [0.25, 0.3) is 0 Å². The molecule has 1 N–H and O–H groups in total. The Hall–Kier alpha value is -1.85. The molecule has 0 bridgehead atoms. The summed E-state index contributed by atoms with van der Waals surface area (Å²) in [4.78, 5) is 37.3. The molecule has 0 aliphatic heterocycles. The molecular formula is C34H52O6. The first-order valence-electron chi connectivity index (χ1n) is 15.6. The van der Waals surface area contributed by atoms with E-state index in [1.807, 2.05) is 0 Å². The van der Waals surface area contributed by atoms with Crippen LogP contribution < -0.4 is 0 Å². The van der Waals surface area contributed by atoms with Gasteiger partial charge in [0.2, 0.25) is 0 Å². The highest BCUT2D eigenvalue weighted by atomic mass is 16.6. The van der Waals surface area contributed by atoms with Gasteiger partial charge in [-0.25, -0.2) is 0 Å². The Morgan fingerprint density at radius 2 is 1.45 bits per heavy atom. The Kier molecular flexibility index (Phi) is 6.72. The molecular weight excluding hydrogens is 504 g/mol. The van der Waals surface area contributed by atoms with Crippen LogP contribution in [0, 0.1) is 50.2 Å². The quantitative estimate of drug-likeness (QED) is 0.289. The Labute approximate surface area is 241 Å². The molecule has 0 radical (unpaired) electrons. The van der Waals surface area contributed by atoms with E-state index in [0.717, 1.165) is 51.4 Å². The summed E-state index contributed by atoms with van der Waals surface area (Å²) in [5.41, 5.74) is 0.360. The number of hydrogen-bond acceptors (Lipinski definition) is 5. The molecule has 5 rings (SSSR count). The number of rotatable bonds is 3. The number of carbonyl (C=O) groups is 3. The fourth-order valence-electron chi connectivity index (χ4n) is 11.4. The zero-order valence-electron chi connectivity index (χ0n) is 26.3. The van der Waals surface area contributed by atoms with Crippen LogP contribution in [0.1, 0.15) is 120 Å². The van der Waals surface area contributed by atoms with Gasteiger partial charge in [0.15, 0.2) is 0 Å². The smallest absolute Gasteiger partial charge is 0.310 e. The lowest BCUT2D eigenvalue weighted by Gasteiger charge is -2.71. The van der Waals surface area contributed by atoms with E-state index in [4.69, 9.17) is 9.47 Å². The number of carboxylic acid groups (broad SMARTS) is 1. The van der Waals surface area contributed by atoms with Crippen LogP contribution in [-0.2, 0) is 23.9 Å². The molecule has 9 atom stereocenters. The van der Waals surface area contributed by atoms with Crippen LogP contribution in [0.4, 0.5) is 0 Å². The predicted octanol–water partition coefficient (Wildman–Crippen LogP) is 7.35. The van der Waals surface area contributed by atoms with Crippen LogP contribution in [0.5, 0.6) is 0 Å². The normalized spacial score (nSPS) is 46.8. The lowest BCUT2D eigenvalue weighted by Crippen LogP contribution is -2.67. The van der Waals surface area contributed by atoms with Gasteiger partial charge < -0.3 is 14.6 Å². The lowest BCUT2D eigenvalue weighted by molar-refractivity contribution is -0.244. The third-order valence-electron chi connectivity index (χ3n) is 13.5. The average molecular weight is 557 g/mol. The van der Waals surface area contributed by atoms with Gasteiger partial charge in [0.05, 0.1) is 5.41 Å². The number of carboxylic acids is 1. The number of aliphatic carboxylic acids is 1. The molecule has 224 valence electrons. The monoisotopic (exact) mass is 556 g/mol. The van der Waals surface area contributed by atoms with Gasteiger partial charge in [0.1, 0.15) is 12.2 Å². The number of ether oxygens (including phenoxy) is 2. The van der Waals surface area contributed by atoms with Crippen molar-refractivity contribution in [2.75, 3.05) is 0 Å². The van der Waals surface area contributed by atoms with E-state index in [1.165, 1.54) is 19.4 Å². The van der Waals surface area contributed by atoms with Gasteiger partial charge in [-0.2, -0.15) is 0 Å². The molecule has 40 heavy (non-hydrogen) atoms. The third kappa shape index (κ3) is 3.96. The second-order valence-electron chi connectivity index (χ2n) is 16.4. The molecule has 4 fully saturated rings. The van der Waals surface area contributed by atoms with E-state index in [-0.39, 0.29) is 44.9 Å². The van der Waals surface area contributed by atoms with E-state index in [2.05, 4.69) is 54.5 Å². The summed E-state index contributed by atoms with van der Waals surface area (Å²) < 4.78 is 11.8. The number of allylic oxidation sites excluding steroid dienone is 2. The molecule has 0 amide bonds. The minimum absolute atomic E-state index is 0.000288. The fourth-order valence-corrected chi connectivity index (χ4v) is 11.4. The lowest BCUT2D eigenvalue weighted by atomic mass is 9.33. The highest BCUT2D eigenvalue weighted by Gasteiger charge is 2.70. The first-order valence-corrected chi connectivity index (χ1v) is 15.6. The van der Waals surface area contributed by atoms with E-state index in [0.29, 0.717) is 18.3 Å². The van der Waals surface area contributed by atoms with Gasteiger partial charge in [-0.3, -0.25) is 14.4 Å². The van der Waals surface area contributed by atoms with Crippen molar-refractivity contribution in [1.82, 2.24) is 0 Å². The van der Waals surface area contributed by atoms with Crippen molar-refractivity contribution >= 4 is 17.9 Å². The van der Waals surface area contributed by atoms with Gasteiger partial charge >= 0.3 is 17.9 Å². The van der Waals surface area contributed by atoms with Crippen molar-refractivity contribution in [2.24, 2.45) is 50.2 Å². The summed E-state index contributed by atoms with van der Waals surface area (Å²) in [6, 6.07) is 0. The summed E-state index contributed by atoms with van der Waals surface area (Å²) in [5, 5.41) is 10.6. The van der Waals surface area contributed by atoms with Crippen molar-refractivity contribution in [3.63, 3.8) is 0 Å². The van der Waals surface area contributed by atoms with Gasteiger partial charge in [0.25, 0.3) is 0 Å². The Balaban J connectivity index is 1.59. The SMILES string of the molecule is CC(=O)O[C@@H]1C[C@@]2(C)C(CC[C@]3(C)C2CC=C2C4CC(C)(C)CC[C@]4(C(=O)O)CC[C@]23C)C(C)(C)[C@H]1OC(C)=O. The molecule has 6 heteroatoms. The zero-order valence-corrected chi connectivity index (χ0v) is 26.3. The maximum atomic E-state index is 12.9. The average Bonchev–Trinajstić information content (AvgIpc) is 2.81. The first-order chi connectivity index (χ1) is 18.3. The summed E-state index contributed by atoms with van der Waals surface area (Å²) in [6.45, 7) is 19.2. The molecule has 5 aliphatic rings. The second kappa shape index (κ2) is 9.07. The fraction of sp³-hybridized carbons (Fsp3) is 0.853. The van der Waals surface area contributed by atoms with Crippen molar-refractivity contribution < 1.29 is 29.0 Å². The van der Waals surface area contributed by atoms with Gasteiger partial charge in [-0.15, -0.1) is 0 Å². The Morgan fingerprint density at radius 1 is 0.825 bits per heavy atom. The van der Waals surface area contributed by atoms with Crippen LogP contribution in [0.3, 0.4) is 0 Å².